The zero-order chi connectivity index (χ0) is 13.5. The van der Waals surface area contributed by atoms with Crippen LogP contribution < -0.4 is 11.1 Å². The summed E-state index contributed by atoms with van der Waals surface area (Å²) in [6, 6.07) is -0.413. The van der Waals surface area contributed by atoms with E-state index in [1.165, 1.54) is 0 Å². The van der Waals surface area contributed by atoms with Gasteiger partial charge in [0, 0.05) is 7.11 Å². The third-order valence-corrected chi connectivity index (χ3v) is 2.84. The second-order valence-electron chi connectivity index (χ2n) is 5.65. The van der Waals surface area contributed by atoms with Gasteiger partial charge in [0.25, 0.3) is 0 Å². The Bertz CT molecular complexity index is 230. The topological polar surface area (TPSA) is 64.3 Å². The Balaban J connectivity index is 0. The second-order valence-corrected chi connectivity index (χ2v) is 5.65. The maximum Gasteiger partial charge on any atom is 0.237 e. The van der Waals surface area contributed by atoms with Crippen LogP contribution in [-0.4, -0.2) is 31.7 Å². The van der Waals surface area contributed by atoms with Crippen LogP contribution in [0.5, 0.6) is 0 Å². The number of unbranched alkanes of at least 4 members (excludes halogenated alkanes) is 1. The van der Waals surface area contributed by atoms with Crippen molar-refractivity contribution in [3.8, 4) is 0 Å². The van der Waals surface area contributed by atoms with Gasteiger partial charge in [0.15, 0.2) is 0 Å². The van der Waals surface area contributed by atoms with E-state index in [2.05, 4.69) is 12.2 Å². The Hall–Kier alpha value is -0.320. The van der Waals surface area contributed by atoms with Gasteiger partial charge in [-0.2, -0.15) is 0 Å². The van der Waals surface area contributed by atoms with E-state index in [1.54, 1.807) is 7.11 Å². The fraction of sp³-hybridized carbons (Fsp3) is 0.923. The van der Waals surface area contributed by atoms with Crippen molar-refractivity contribution in [3.05, 3.63) is 0 Å². The van der Waals surface area contributed by atoms with E-state index >= 15 is 0 Å². The van der Waals surface area contributed by atoms with E-state index in [4.69, 9.17) is 10.5 Å². The molecule has 0 rings (SSSR count). The number of nitrogens with two attached hydrogens (primary N) is 1. The minimum atomic E-state index is -0.483. The summed E-state index contributed by atoms with van der Waals surface area (Å²) in [5.41, 5.74) is 5.70. The Morgan fingerprint density at radius 3 is 2.33 bits per heavy atom. The number of methoxy groups -OCH3 is 1. The number of amides is 1. The first-order valence-corrected chi connectivity index (χ1v) is 6.37. The number of carbonyl (C=O) groups excluding carboxylic acids is 1. The number of hydrogen-bond acceptors (Lipinski definition) is 3. The molecule has 0 aliphatic rings. The van der Waals surface area contributed by atoms with Crippen LogP contribution in [-0.2, 0) is 9.53 Å². The average molecular weight is 281 g/mol. The van der Waals surface area contributed by atoms with Crippen molar-refractivity contribution < 1.29 is 9.53 Å². The molecule has 0 aromatic carbocycles. The summed E-state index contributed by atoms with van der Waals surface area (Å²) in [6.45, 7) is 8.58. The molecule has 0 saturated heterocycles. The van der Waals surface area contributed by atoms with Crippen LogP contribution in [0.25, 0.3) is 0 Å². The summed E-state index contributed by atoms with van der Waals surface area (Å²) < 4.78 is 5.11. The highest BCUT2D eigenvalue weighted by atomic mass is 35.5. The van der Waals surface area contributed by atoms with Gasteiger partial charge in [0.05, 0.1) is 18.7 Å². The predicted molar refractivity (Wildman–Crippen MR) is 78.0 cm³/mol. The number of rotatable bonds is 7. The van der Waals surface area contributed by atoms with Crippen molar-refractivity contribution in [2.45, 2.75) is 59.0 Å². The molecule has 2 atom stereocenters. The van der Waals surface area contributed by atoms with Gasteiger partial charge in [-0.25, -0.2) is 0 Å². The molecule has 0 spiro atoms. The van der Waals surface area contributed by atoms with Gasteiger partial charge >= 0.3 is 0 Å². The monoisotopic (exact) mass is 280 g/mol. The quantitative estimate of drug-likeness (QED) is 0.751. The Morgan fingerprint density at radius 1 is 1.39 bits per heavy atom. The zero-order valence-corrected chi connectivity index (χ0v) is 13.1. The summed E-state index contributed by atoms with van der Waals surface area (Å²) in [5, 5.41) is 2.97. The van der Waals surface area contributed by atoms with Gasteiger partial charge in [0.1, 0.15) is 0 Å². The zero-order valence-electron chi connectivity index (χ0n) is 12.3. The molecular formula is C13H29ClN2O2. The van der Waals surface area contributed by atoms with Crippen LogP contribution in [0.4, 0.5) is 0 Å². The van der Waals surface area contributed by atoms with Crippen LogP contribution in [0.15, 0.2) is 0 Å². The van der Waals surface area contributed by atoms with Gasteiger partial charge in [-0.1, -0.05) is 40.5 Å². The molecule has 0 aliphatic heterocycles. The van der Waals surface area contributed by atoms with Crippen molar-refractivity contribution in [1.29, 1.82) is 0 Å². The van der Waals surface area contributed by atoms with Crippen molar-refractivity contribution in [2.24, 2.45) is 11.1 Å². The summed E-state index contributed by atoms with van der Waals surface area (Å²) in [5.74, 6) is -0.0874. The first-order valence-electron chi connectivity index (χ1n) is 6.37. The van der Waals surface area contributed by atoms with Crippen molar-refractivity contribution in [1.82, 2.24) is 5.32 Å². The summed E-state index contributed by atoms with van der Waals surface area (Å²) >= 11 is 0. The minimum absolute atomic E-state index is 0. The number of hydrogen-bond donors (Lipinski definition) is 2. The molecule has 0 aromatic rings. The summed E-state index contributed by atoms with van der Waals surface area (Å²) in [6.07, 6.45) is 3.13. The van der Waals surface area contributed by atoms with Crippen LogP contribution in [0.2, 0.25) is 0 Å². The lowest BCUT2D eigenvalue weighted by atomic mass is 9.87. The lowest BCUT2D eigenvalue weighted by molar-refractivity contribution is -0.125. The van der Waals surface area contributed by atoms with E-state index in [9.17, 15) is 4.79 Å². The Kier molecular flexibility index (Phi) is 10.7. The molecule has 4 nitrogen and oxygen atoms in total. The lowest BCUT2D eigenvalue weighted by Gasteiger charge is -2.28. The van der Waals surface area contributed by atoms with Crippen LogP contribution >= 0.6 is 12.4 Å². The second kappa shape index (κ2) is 9.59. The van der Waals surface area contributed by atoms with E-state index in [0.29, 0.717) is 6.61 Å². The third-order valence-electron chi connectivity index (χ3n) is 2.84. The highest BCUT2D eigenvalue weighted by Crippen LogP contribution is 2.17. The molecule has 1 amide bonds. The molecule has 0 radical (unpaired) electrons. The third kappa shape index (κ3) is 7.90. The molecule has 0 fully saturated rings. The SMILES string of the molecule is CCCCC(COC)NC(=O)[C@@H](N)C(C)(C)C.Cl. The largest absolute Gasteiger partial charge is 0.383 e. The van der Waals surface area contributed by atoms with Crippen molar-refractivity contribution in [2.75, 3.05) is 13.7 Å². The first kappa shape index (κ1) is 20.0. The summed E-state index contributed by atoms with van der Waals surface area (Å²) in [7, 11) is 1.65. The molecule has 0 heterocycles. The van der Waals surface area contributed by atoms with Gasteiger partial charge in [0.2, 0.25) is 5.91 Å². The molecule has 1 unspecified atom stereocenters. The van der Waals surface area contributed by atoms with Crippen LogP contribution in [0.3, 0.4) is 0 Å². The predicted octanol–water partition coefficient (Wildman–Crippen LogP) is 2.10. The van der Waals surface area contributed by atoms with E-state index in [1.807, 2.05) is 20.8 Å². The molecular weight excluding hydrogens is 252 g/mol. The van der Waals surface area contributed by atoms with Crippen LogP contribution in [0, 0.1) is 5.41 Å². The maximum atomic E-state index is 11.9. The Labute approximate surface area is 117 Å². The van der Waals surface area contributed by atoms with Gasteiger partial charge in [-0.15, -0.1) is 12.4 Å². The average Bonchev–Trinajstić information content (AvgIpc) is 2.23. The molecule has 18 heavy (non-hydrogen) atoms. The molecule has 3 N–H and O–H groups in total. The number of ether oxygens (including phenoxy) is 1. The van der Waals surface area contributed by atoms with E-state index in [0.717, 1.165) is 19.3 Å². The highest BCUT2D eigenvalue weighted by molar-refractivity contribution is 5.85. The molecule has 0 saturated carbocycles. The molecule has 0 aromatic heterocycles. The van der Waals surface area contributed by atoms with Gasteiger partial charge < -0.3 is 15.8 Å². The smallest absolute Gasteiger partial charge is 0.237 e. The molecule has 0 bridgehead atoms. The van der Waals surface area contributed by atoms with E-state index < -0.39 is 6.04 Å². The summed E-state index contributed by atoms with van der Waals surface area (Å²) in [4.78, 5) is 11.9. The van der Waals surface area contributed by atoms with Gasteiger partial charge in [-0.3, -0.25) is 4.79 Å². The lowest BCUT2D eigenvalue weighted by Crippen LogP contribution is -2.52. The minimum Gasteiger partial charge on any atom is -0.383 e. The number of carbonyl (C=O) groups is 1. The Morgan fingerprint density at radius 2 is 1.94 bits per heavy atom. The number of nitrogens with one attached hydrogen (secondary N) is 1. The van der Waals surface area contributed by atoms with E-state index in [-0.39, 0.29) is 29.8 Å². The molecule has 0 aliphatic carbocycles. The maximum absolute atomic E-state index is 11.9. The van der Waals surface area contributed by atoms with Crippen molar-refractivity contribution >= 4 is 18.3 Å². The standard InChI is InChI=1S/C13H28N2O2.ClH/c1-6-7-8-10(9-17-5)15-12(16)11(14)13(2,3)4;/h10-11H,6-9,14H2,1-5H3,(H,15,16);1H/t10?,11-;/m1./s1. The first-order chi connectivity index (χ1) is 7.82. The molecule has 5 heteroatoms. The van der Waals surface area contributed by atoms with Gasteiger partial charge in [-0.05, 0) is 11.8 Å². The normalized spacial score (nSPS) is 14.6. The van der Waals surface area contributed by atoms with Crippen LogP contribution in [0.1, 0.15) is 47.0 Å². The highest BCUT2D eigenvalue weighted by Gasteiger charge is 2.28. The molecule has 110 valence electrons. The van der Waals surface area contributed by atoms with Crippen molar-refractivity contribution in [3.63, 3.8) is 0 Å². The fourth-order valence-corrected chi connectivity index (χ4v) is 1.53. The number of halogens is 1. The fourth-order valence-electron chi connectivity index (χ4n) is 1.53.